The van der Waals surface area contributed by atoms with E-state index in [-0.39, 0.29) is 17.7 Å². The number of carbonyl (C=O) groups is 1. The van der Waals surface area contributed by atoms with Gasteiger partial charge in [-0.25, -0.2) is 0 Å². The fourth-order valence-electron chi connectivity index (χ4n) is 3.44. The Morgan fingerprint density at radius 3 is 2.80 bits per heavy atom. The van der Waals surface area contributed by atoms with Crippen molar-refractivity contribution in [2.24, 2.45) is 0 Å². The molecule has 0 unspecified atom stereocenters. The number of aromatic nitrogens is 1. The Hall–Kier alpha value is -1.66. The zero-order chi connectivity index (χ0) is 17.9. The molecular formula is C19H23BrN2O3. The second-order valence-corrected chi connectivity index (χ2v) is 7.83. The average Bonchev–Trinajstić information content (AvgIpc) is 3.20. The molecule has 1 aliphatic rings. The third kappa shape index (κ3) is 4.30. The molecule has 0 atom stereocenters. The number of anilines is 1. The van der Waals surface area contributed by atoms with E-state index in [0.717, 1.165) is 34.2 Å². The summed E-state index contributed by atoms with van der Waals surface area (Å²) in [6.45, 7) is 2.67. The summed E-state index contributed by atoms with van der Waals surface area (Å²) in [5.41, 5.74) is 1.98. The number of hydrogen-bond acceptors (Lipinski definition) is 4. The number of amides is 1. The molecule has 1 saturated carbocycles. The second-order valence-electron chi connectivity index (χ2n) is 6.92. The van der Waals surface area contributed by atoms with Crippen LogP contribution >= 0.6 is 15.9 Å². The standard InChI is InChI=1S/C19H23BrN2O3/c1-19(7-3-4-8-19)16-11-17(22-25-16)21-18(23)10-13-5-6-15(20)9-14(13)12-24-2/h5-6,9,11H,3-4,7-8,10,12H2,1-2H3,(H,21,22,23). The van der Waals surface area contributed by atoms with Crippen LogP contribution in [0, 0.1) is 0 Å². The van der Waals surface area contributed by atoms with E-state index in [1.807, 2.05) is 24.3 Å². The van der Waals surface area contributed by atoms with Crippen molar-refractivity contribution < 1.29 is 14.1 Å². The Balaban J connectivity index is 1.66. The number of methoxy groups -OCH3 is 1. The number of hydrogen-bond donors (Lipinski definition) is 1. The normalized spacial score (nSPS) is 16.1. The van der Waals surface area contributed by atoms with Crippen molar-refractivity contribution in [1.29, 1.82) is 0 Å². The number of rotatable bonds is 6. The minimum atomic E-state index is -0.115. The van der Waals surface area contributed by atoms with Crippen LogP contribution in [0.2, 0.25) is 0 Å². The highest BCUT2D eigenvalue weighted by Crippen LogP contribution is 2.41. The highest BCUT2D eigenvalue weighted by atomic mass is 79.9. The van der Waals surface area contributed by atoms with Gasteiger partial charge in [-0.15, -0.1) is 0 Å². The highest BCUT2D eigenvalue weighted by Gasteiger charge is 2.34. The number of halogens is 1. The SMILES string of the molecule is COCc1cc(Br)ccc1CC(=O)Nc1cc(C2(C)CCCC2)on1. The topological polar surface area (TPSA) is 64.4 Å². The van der Waals surface area contributed by atoms with Gasteiger partial charge < -0.3 is 14.6 Å². The first-order valence-corrected chi connectivity index (χ1v) is 9.33. The molecule has 1 N–H and O–H groups in total. The van der Waals surface area contributed by atoms with Crippen LogP contribution in [0.1, 0.15) is 49.5 Å². The van der Waals surface area contributed by atoms with Crippen LogP contribution in [0.25, 0.3) is 0 Å². The van der Waals surface area contributed by atoms with Crippen LogP contribution in [-0.2, 0) is 28.0 Å². The number of benzene rings is 1. The summed E-state index contributed by atoms with van der Waals surface area (Å²) < 4.78 is 11.7. The van der Waals surface area contributed by atoms with Gasteiger partial charge in [0.1, 0.15) is 5.76 Å². The molecule has 0 spiro atoms. The van der Waals surface area contributed by atoms with Crippen LogP contribution in [0.3, 0.4) is 0 Å². The Bertz CT molecular complexity index is 751. The van der Waals surface area contributed by atoms with Gasteiger partial charge in [0.15, 0.2) is 5.82 Å². The molecule has 1 fully saturated rings. The van der Waals surface area contributed by atoms with E-state index in [0.29, 0.717) is 12.4 Å². The highest BCUT2D eigenvalue weighted by molar-refractivity contribution is 9.10. The fourth-order valence-corrected chi connectivity index (χ4v) is 3.85. The summed E-state index contributed by atoms with van der Waals surface area (Å²) in [5, 5.41) is 6.86. The summed E-state index contributed by atoms with van der Waals surface area (Å²) in [7, 11) is 1.64. The van der Waals surface area contributed by atoms with Crippen LogP contribution in [0.15, 0.2) is 33.3 Å². The summed E-state index contributed by atoms with van der Waals surface area (Å²) in [4.78, 5) is 12.4. The maximum atomic E-state index is 12.4. The molecule has 6 heteroatoms. The molecule has 2 aromatic rings. The minimum Gasteiger partial charge on any atom is -0.380 e. The molecule has 1 amide bonds. The maximum Gasteiger partial charge on any atom is 0.230 e. The molecule has 1 aromatic carbocycles. The van der Waals surface area contributed by atoms with Gasteiger partial charge in [0.25, 0.3) is 0 Å². The first kappa shape index (κ1) is 18.1. The van der Waals surface area contributed by atoms with E-state index >= 15 is 0 Å². The van der Waals surface area contributed by atoms with Crippen LogP contribution < -0.4 is 5.32 Å². The van der Waals surface area contributed by atoms with Crippen LogP contribution in [0.5, 0.6) is 0 Å². The molecule has 0 aliphatic heterocycles. The Kier molecular flexibility index (Phi) is 5.59. The van der Waals surface area contributed by atoms with Crippen molar-refractivity contribution in [2.45, 2.75) is 51.0 Å². The average molecular weight is 407 g/mol. The lowest BCUT2D eigenvalue weighted by Crippen LogP contribution is -2.16. The number of nitrogens with zero attached hydrogens (tertiary/aromatic N) is 1. The van der Waals surface area contributed by atoms with E-state index in [1.165, 1.54) is 12.8 Å². The van der Waals surface area contributed by atoms with Crippen molar-refractivity contribution in [3.8, 4) is 0 Å². The molecule has 1 aromatic heterocycles. The largest absolute Gasteiger partial charge is 0.380 e. The predicted molar refractivity (Wildman–Crippen MR) is 99.5 cm³/mol. The van der Waals surface area contributed by atoms with Gasteiger partial charge in [0.2, 0.25) is 5.91 Å². The zero-order valence-electron chi connectivity index (χ0n) is 14.6. The van der Waals surface area contributed by atoms with Gasteiger partial charge in [-0.2, -0.15) is 0 Å². The molecule has 25 heavy (non-hydrogen) atoms. The second kappa shape index (κ2) is 7.70. The smallest absolute Gasteiger partial charge is 0.230 e. The van der Waals surface area contributed by atoms with Gasteiger partial charge >= 0.3 is 0 Å². The van der Waals surface area contributed by atoms with Crippen molar-refractivity contribution in [3.05, 3.63) is 45.6 Å². The van der Waals surface area contributed by atoms with Crippen molar-refractivity contribution >= 4 is 27.7 Å². The van der Waals surface area contributed by atoms with Crippen LogP contribution in [0.4, 0.5) is 5.82 Å². The van der Waals surface area contributed by atoms with E-state index in [9.17, 15) is 4.79 Å². The van der Waals surface area contributed by atoms with Gasteiger partial charge in [-0.1, -0.05) is 46.9 Å². The molecule has 3 rings (SSSR count). The maximum absolute atomic E-state index is 12.4. The van der Waals surface area contributed by atoms with E-state index in [1.54, 1.807) is 7.11 Å². The lowest BCUT2D eigenvalue weighted by atomic mass is 9.86. The summed E-state index contributed by atoms with van der Waals surface area (Å²) >= 11 is 3.45. The summed E-state index contributed by atoms with van der Waals surface area (Å²) in [5.74, 6) is 1.23. The van der Waals surface area contributed by atoms with E-state index in [2.05, 4.69) is 33.3 Å². The number of nitrogens with one attached hydrogen (secondary N) is 1. The quantitative estimate of drug-likeness (QED) is 0.761. The Labute approximate surface area is 156 Å². The minimum absolute atomic E-state index is 0.0489. The molecule has 134 valence electrons. The summed E-state index contributed by atoms with van der Waals surface area (Å²) in [6, 6.07) is 7.70. The van der Waals surface area contributed by atoms with Gasteiger partial charge in [-0.05, 0) is 36.1 Å². The monoisotopic (exact) mass is 406 g/mol. The fraction of sp³-hybridized carbons (Fsp3) is 0.474. The number of ether oxygens (including phenoxy) is 1. The number of carbonyl (C=O) groups excluding carboxylic acids is 1. The molecule has 0 bridgehead atoms. The van der Waals surface area contributed by atoms with Crippen molar-refractivity contribution in [1.82, 2.24) is 5.16 Å². The predicted octanol–water partition coefficient (Wildman–Crippen LogP) is 4.60. The lowest BCUT2D eigenvalue weighted by Gasteiger charge is -2.18. The van der Waals surface area contributed by atoms with Gasteiger partial charge in [-0.3, -0.25) is 4.79 Å². The first-order chi connectivity index (χ1) is 12.0. The van der Waals surface area contributed by atoms with E-state index < -0.39 is 0 Å². The first-order valence-electron chi connectivity index (χ1n) is 8.53. The van der Waals surface area contributed by atoms with Crippen molar-refractivity contribution in [2.75, 3.05) is 12.4 Å². The van der Waals surface area contributed by atoms with Crippen molar-refractivity contribution in [3.63, 3.8) is 0 Å². The Morgan fingerprint density at radius 1 is 1.32 bits per heavy atom. The van der Waals surface area contributed by atoms with Gasteiger partial charge in [0.05, 0.1) is 13.0 Å². The Morgan fingerprint density at radius 2 is 2.08 bits per heavy atom. The lowest BCUT2D eigenvalue weighted by molar-refractivity contribution is -0.115. The molecule has 1 heterocycles. The zero-order valence-corrected chi connectivity index (χ0v) is 16.2. The summed E-state index contributed by atoms with van der Waals surface area (Å²) in [6.07, 6.45) is 4.91. The molecule has 0 saturated heterocycles. The molecular weight excluding hydrogens is 384 g/mol. The third-order valence-corrected chi connectivity index (χ3v) is 5.39. The van der Waals surface area contributed by atoms with E-state index in [4.69, 9.17) is 9.26 Å². The van der Waals surface area contributed by atoms with Gasteiger partial charge in [0, 0.05) is 23.1 Å². The third-order valence-electron chi connectivity index (χ3n) is 4.90. The molecule has 1 aliphatic carbocycles. The molecule has 0 radical (unpaired) electrons. The van der Waals surface area contributed by atoms with Crippen LogP contribution in [-0.4, -0.2) is 18.2 Å². The molecule has 5 nitrogen and oxygen atoms in total.